The summed E-state index contributed by atoms with van der Waals surface area (Å²) in [6.07, 6.45) is 1.73. The molecule has 2 heterocycles. The van der Waals surface area contributed by atoms with Crippen LogP contribution in [0, 0.1) is 0 Å². The second kappa shape index (κ2) is 6.19. The number of carbonyl (C=O) groups is 2. The molecule has 6 heteroatoms. The number of rotatable bonds is 3. The number of esters is 1. The first-order valence-electron chi connectivity index (χ1n) is 7.23. The number of ether oxygens (including phenoxy) is 2. The maximum atomic E-state index is 12.2. The normalized spacial score (nSPS) is 15.0. The van der Waals surface area contributed by atoms with E-state index < -0.39 is 5.97 Å². The number of benzene rings is 1. The van der Waals surface area contributed by atoms with E-state index in [2.05, 4.69) is 0 Å². The second-order valence-electron chi connectivity index (χ2n) is 5.24. The number of amides is 1. The average molecular weight is 302 g/mol. The van der Waals surface area contributed by atoms with Crippen LogP contribution in [0.2, 0.25) is 0 Å². The molecule has 1 aromatic heterocycles. The lowest BCUT2D eigenvalue weighted by molar-refractivity contribution is -0.138. The molecule has 6 nitrogen and oxygen atoms in total. The van der Waals surface area contributed by atoms with Crippen LogP contribution in [-0.2, 0) is 21.3 Å². The van der Waals surface area contributed by atoms with E-state index >= 15 is 0 Å². The summed E-state index contributed by atoms with van der Waals surface area (Å²) >= 11 is 0. The highest BCUT2D eigenvalue weighted by Gasteiger charge is 2.20. The van der Waals surface area contributed by atoms with Gasteiger partial charge in [0, 0.05) is 37.2 Å². The van der Waals surface area contributed by atoms with Crippen molar-refractivity contribution in [2.24, 2.45) is 7.05 Å². The van der Waals surface area contributed by atoms with Crippen LogP contribution >= 0.6 is 0 Å². The third-order valence-corrected chi connectivity index (χ3v) is 3.81. The van der Waals surface area contributed by atoms with Crippen molar-refractivity contribution < 1.29 is 19.1 Å². The molecule has 1 amide bonds. The molecule has 1 aromatic carbocycles. The predicted molar refractivity (Wildman–Crippen MR) is 80.6 cm³/mol. The largest absolute Gasteiger partial charge is 0.452 e. The van der Waals surface area contributed by atoms with Gasteiger partial charge in [0.25, 0.3) is 5.91 Å². The van der Waals surface area contributed by atoms with Gasteiger partial charge in [0.05, 0.1) is 18.8 Å². The number of hydrogen-bond donors (Lipinski definition) is 0. The quantitative estimate of drug-likeness (QED) is 0.799. The highest BCUT2D eigenvalue weighted by molar-refractivity contribution is 6.04. The lowest BCUT2D eigenvalue weighted by Gasteiger charge is -2.26. The Labute approximate surface area is 128 Å². The topological polar surface area (TPSA) is 60.8 Å². The van der Waals surface area contributed by atoms with Crippen molar-refractivity contribution in [1.82, 2.24) is 9.47 Å². The fourth-order valence-electron chi connectivity index (χ4n) is 2.61. The van der Waals surface area contributed by atoms with E-state index in [1.807, 2.05) is 35.9 Å². The number of para-hydroxylation sites is 1. The van der Waals surface area contributed by atoms with Crippen molar-refractivity contribution in [3.8, 4) is 0 Å². The Bertz CT molecular complexity index is 701. The number of hydrogen-bond acceptors (Lipinski definition) is 4. The summed E-state index contributed by atoms with van der Waals surface area (Å²) in [5.74, 6) is -0.657. The zero-order chi connectivity index (χ0) is 15.5. The van der Waals surface area contributed by atoms with Crippen LogP contribution in [0.1, 0.15) is 10.4 Å². The summed E-state index contributed by atoms with van der Waals surface area (Å²) in [5, 5.41) is 0.828. The maximum absolute atomic E-state index is 12.2. The van der Waals surface area contributed by atoms with Gasteiger partial charge in [-0.3, -0.25) is 4.79 Å². The Morgan fingerprint density at radius 3 is 2.73 bits per heavy atom. The monoisotopic (exact) mass is 302 g/mol. The number of aryl methyl sites for hydroxylation is 1. The van der Waals surface area contributed by atoms with Gasteiger partial charge >= 0.3 is 5.97 Å². The van der Waals surface area contributed by atoms with Gasteiger partial charge in [-0.1, -0.05) is 18.2 Å². The molecule has 0 saturated carbocycles. The van der Waals surface area contributed by atoms with E-state index in [-0.39, 0.29) is 12.5 Å². The molecule has 0 spiro atoms. The number of aromatic nitrogens is 1. The van der Waals surface area contributed by atoms with Crippen molar-refractivity contribution in [3.05, 3.63) is 36.0 Å². The third-order valence-electron chi connectivity index (χ3n) is 3.81. The van der Waals surface area contributed by atoms with E-state index in [9.17, 15) is 9.59 Å². The lowest BCUT2D eigenvalue weighted by Crippen LogP contribution is -2.42. The fraction of sp³-hybridized carbons (Fsp3) is 0.375. The van der Waals surface area contributed by atoms with Crippen LogP contribution in [0.25, 0.3) is 10.9 Å². The Balaban J connectivity index is 1.67. The molecule has 2 aromatic rings. The van der Waals surface area contributed by atoms with Crippen LogP contribution in [0.5, 0.6) is 0 Å². The minimum Gasteiger partial charge on any atom is -0.452 e. The first kappa shape index (κ1) is 14.6. The van der Waals surface area contributed by atoms with Crippen molar-refractivity contribution in [2.45, 2.75) is 0 Å². The fourth-order valence-corrected chi connectivity index (χ4v) is 2.61. The predicted octanol–water partition coefficient (Wildman–Crippen LogP) is 1.19. The molecule has 1 fully saturated rings. The highest BCUT2D eigenvalue weighted by atomic mass is 16.5. The minimum absolute atomic E-state index is 0.183. The van der Waals surface area contributed by atoms with Crippen molar-refractivity contribution in [1.29, 1.82) is 0 Å². The van der Waals surface area contributed by atoms with E-state index in [1.165, 1.54) is 0 Å². The number of morpholine rings is 1. The highest BCUT2D eigenvalue weighted by Crippen LogP contribution is 2.20. The van der Waals surface area contributed by atoms with Crippen molar-refractivity contribution >= 4 is 22.8 Å². The molecule has 0 aliphatic carbocycles. The van der Waals surface area contributed by atoms with Gasteiger partial charge in [-0.25, -0.2) is 4.79 Å². The lowest BCUT2D eigenvalue weighted by atomic mass is 10.2. The summed E-state index contributed by atoms with van der Waals surface area (Å²) in [4.78, 5) is 25.9. The molecule has 22 heavy (non-hydrogen) atoms. The van der Waals surface area contributed by atoms with Gasteiger partial charge < -0.3 is 18.9 Å². The van der Waals surface area contributed by atoms with E-state index in [4.69, 9.17) is 9.47 Å². The zero-order valence-electron chi connectivity index (χ0n) is 12.4. The molecule has 0 bridgehead atoms. The van der Waals surface area contributed by atoms with Crippen LogP contribution in [0.4, 0.5) is 0 Å². The number of fused-ring (bicyclic) bond motifs is 1. The van der Waals surface area contributed by atoms with E-state index in [1.54, 1.807) is 11.1 Å². The summed E-state index contributed by atoms with van der Waals surface area (Å²) in [6, 6.07) is 7.60. The van der Waals surface area contributed by atoms with Crippen molar-refractivity contribution in [3.63, 3.8) is 0 Å². The Morgan fingerprint density at radius 1 is 1.23 bits per heavy atom. The Kier molecular flexibility index (Phi) is 4.11. The van der Waals surface area contributed by atoms with Gasteiger partial charge in [-0.15, -0.1) is 0 Å². The van der Waals surface area contributed by atoms with Crippen LogP contribution in [-0.4, -0.2) is 54.3 Å². The SMILES string of the molecule is Cn1cc(C(=O)OCC(=O)N2CCOCC2)c2ccccc21. The van der Waals surface area contributed by atoms with E-state index in [0.717, 1.165) is 10.9 Å². The van der Waals surface area contributed by atoms with Gasteiger partial charge in [-0.2, -0.15) is 0 Å². The zero-order valence-corrected chi connectivity index (χ0v) is 12.4. The summed E-state index contributed by atoms with van der Waals surface area (Å²) in [6.45, 7) is 1.92. The molecule has 0 N–H and O–H groups in total. The van der Waals surface area contributed by atoms with Crippen molar-refractivity contribution in [2.75, 3.05) is 32.9 Å². The number of carbonyl (C=O) groups excluding carboxylic acids is 2. The Hall–Kier alpha value is -2.34. The van der Waals surface area contributed by atoms with Crippen LogP contribution in [0.15, 0.2) is 30.5 Å². The van der Waals surface area contributed by atoms with Crippen LogP contribution < -0.4 is 0 Å². The molecule has 3 rings (SSSR count). The molecule has 0 unspecified atom stereocenters. The summed E-state index contributed by atoms with van der Waals surface area (Å²) < 4.78 is 12.2. The standard InChI is InChI=1S/C16H18N2O4/c1-17-10-13(12-4-2-3-5-14(12)17)16(20)22-11-15(19)18-6-8-21-9-7-18/h2-5,10H,6-9,11H2,1H3. The third kappa shape index (κ3) is 2.82. The molecule has 0 radical (unpaired) electrons. The maximum Gasteiger partial charge on any atom is 0.340 e. The molecule has 1 saturated heterocycles. The van der Waals surface area contributed by atoms with Crippen LogP contribution in [0.3, 0.4) is 0 Å². The average Bonchev–Trinajstić information content (AvgIpc) is 2.91. The van der Waals surface area contributed by atoms with E-state index in [0.29, 0.717) is 31.9 Å². The molecule has 116 valence electrons. The van der Waals surface area contributed by atoms with Gasteiger partial charge in [-0.05, 0) is 6.07 Å². The summed E-state index contributed by atoms with van der Waals surface area (Å²) in [5.41, 5.74) is 1.43. The smallest absolute Gasteiger partial charge is 0.340 e. The molecular formula is C16H18N2O4. The number of nitrogens with zero attached hydrogens (tertiary/aromatic N) is 2. The minimum atomic E-state index is -0.474. The van der Waals surface area contributed by atoms with Gasteiger partial charge in [0.1, 0.15) is 0 Å². The van der Waals surface area contributed by atoms with Gasteiger partial charge in [0.2, 0.25) is 0 Å². The summed E-state index contributed by atoms with van der Waals surface area (Å²) in [7, 11) is 1.87. The molecule has 0 atom stereocenters. The molecular weight excluding hydrogens is 284 g/mol. The first-order chi connectivity index (χ1) is 10.7. The van der Waals surface area contributed by atoms with Gasteiger partial charge in [0.15, 0.2) is 6.61 Å². The Morgan fingerprint density at radius 2 is 1.95 bits per heavy atom. The second-order valence-corrected chi connectivity index (χ2v) is 5.24. The first-order valence-corrected chi connectivity index (χ1v) is 7.23. The molecule has 1 aliphatic rings. The molecule has 1 aliphatic heterocycles.